The van der Waals surface area contributed by atoms with Gasteiger partial charge in [-0.25, -0.2) is 0 Å². The largest absolute Gasteiger partial charge is 0.457 e. The van der Waals surface area contributed by atoms with Crippen LogP contribution in [0.4, 0.5) is 0 Å². The number of hydrogen-bond acceptors (Lipinski definition) is 1. The third-order valence-electron chi connectivity index (χ3n) is 4.30. The average molecular weight is 391 g/mol. The quantitative estimate of drug-likeness (QED) is 0.341. The highest BCUT2D eigenvalue weighted by molar-refractivity contribution is 6.30. The van der Waals surface area contributed by atoms with E-state index < -0.39 is 0 Å². The number of halogens is 2. The Hall–Kier alpha value is -2.74. The van der Waals surface area contributed by atoms with Crippen molar-refractivity contribution in [2.24, 2.45) is 0 Å². The Balaban J connectivity index is 1.47. The van der Waals surface area contributed by atoms with E-state index in [1.54, 1.807) is 0 Å². The molecule has 0 aliphatic carbocycles. The Bertz CT molecular complexity index is 933. The van der Waals surface area contributed by atoms with Crippen molar-refractivity contribution in [3.63, 3.8) is 0 Å². The van der Waals surface area contributed by atoms with Gasteiger partial charge in [0.1, 0.15) is 11.5 Å². The second-order valence-electron chi connectivity index (χ2n) is 6.16. The molecular formula is C24H16Cl2O. The molecule has 3 heteroatoms. The second-order valence-corrected chi connectivity index (χ2v) is 7.04. The van der Waals surface area contributed by atoms with E-state index in [2.05, 4.69) is 0 Å². The van der Waals surface area contributed by atoms with E-state index >= 15 is 0 Å². The van der Waals surface area contributed by atoms with Gasteiger partial charge in [0.05, 0.1) is 0 Å². The lowest BCUT2D eigenvalue weighted by atomic mass is 10.1. The van der Waals surface area contributed by atoms with Crippen LogP contribution in [0.15, 0.2) is 97.1 Å². The van der Waals surface area contributed by atoms with E-state index in [4.69, 9.17) is 27.9 Å². The van der Waals surface area contributed by atoms with Crippen LogP contribution >= 0.6 is 23.2 Å². The first-order chi connectivity index (χ1) is 13.2. The van der Waals surface area contributed by atoms with Crippen molar-refractivity contribution in [3.05, 3.63) is 107 Å². The zero-order valence-corrected chi connectivity index (χ0v) is 15.9. The molecule has 0 N–H and O–H groups in total. The first-order valence-corrected chi connectivity index (χ1v) is 9.33. The molecule has 4 rings (SSSR count). The maximum Gasteiger partial charge on any atom is 0.127 e. The fourth-order valence-corrected chi connectivity index (χ4v) is 3.10. The molecule has 0 bridgehead atoms. The first-order valence-electron chi connectivity index (χ1n) is 8.57. The summed E-state index contributed by atoms with van der Waals surface area (Å²) in [7, 11) is 0. The molecule has 0 heterocycles. The van der Waals surface area contributed by atoms with Gasteiger partial charge in [0, 0.05) is 10.0 Å². The molecule has 0 aromatic heterocycles. The van der Waals surface area contributed by atoms with Gasteiger partial charge in [-0.1, -0.05) is 71.7 Å². The summed E-state index contributed by atoms with van der Waals surface area (Å²) in [6.45, 7) is 0. The molecule has 1 nitrogen and oxygen atoms in total. The van der Waals surface area contributed by atoms with Gasteiger partial charge in [-0.15, -0.1) is 0 Å². The molecule has 0 radical (unpaired) electrons. The SMILES string of the molecule is Clc1ccc(-c2ccc(Oc3ccc(-c4ccc(Cl)cc4)cc3)cc2)cc1. The van der Waals surface area contributed by atoms with Gasteiger partial charge < -0.3 is 4.74 Å². The predicted molar refractivity (Wildman–Crippen MR) is 114 cm³/mol. The van der Waals surface area contributed by atoms with Crippen molar-refractivity contribution in [2.45, 2.75) is 0 Å². The van der Waals surface area contributed by atoms with Crippen LogP contribution in [0.1, 0.15) is 0 Å². The molecular weight excluding hydrogens is 375 g/mol. The molecule has 0 spiro atoms. The van der Waals surface area contributed by atoms with Crippen LogP contribution < -0.4 is 4.74 Å². The fraction of sp³-hybridized carbons (Fsp3) is 0. The minimum absolute atomic E-state index is 0.737. The smallest absolute Gasteiger partial charge is 0.127 e. The summed E-state index contributed by atoms with van der Waals surface area (Å²) >= 11 is 11.9. The maximum absolute atomic E-state index is 5.96. The lowest BCUT2D eigenvalue weighted by molar-refractivity contribution is 0.483. The number of hydrogen-bond donors (Lipinski definition) is 0. The van der Waals surface area contributed by atoms with Gasteiger partial charge >= 0.3 is 0 Å². The Kier molecular flexibility index (Phi) is 5.15. The minimum atomic E-state index is 0.737. The molecule has 0 saturated carbocycles. The van der Waals surface area contributed by atoms with E-state index in [1.807, 2.05) is 97.1 Å². The molecule has 4 aromatic rings. The van der Waals surface area contributed by atoms with Crippen LogP contribution in [0.5, 0.6) is 11.5 Å². The summed E-state index contributed by atoms with van der Waals surface area (Å²) in [4.78, 5) is 0. The van der Waals surface area contributed by atoms with Crippen molar-refractivity contribution >= 4 is 23.2 Å². The van der Waals surface area contributed by atoms with Crippen LogP contribution in [0.3, 0.4) is 0 Å². The fourth-order valence-electron chi connectivity index (χ4n) is 2.85. The molecule has 4 aromatic carbocycles. The van der Waals surface area contributed by atoms with Crippen LogP contribution in [0.2, 0.25) is 10.0 Å². The summed E-state index contributed by atoms with van der Waals surface area (Å²) < 4.78 is 5.96. The van der Waals surface area contributed by atoms with Gasteiger partial charge in [0.25, 0.3) is 0 Å². The number of benzene rings is 4. The Morgan fingerprint density at radius 1 is 0.370 bits per heavy atom. The maximum atomic E-state index is 5.96. The molecule has 0 atom stereocenters. The lowest BCUT2D eigenvalue weighted by Gasteiger charge is -2.08. The molecule has 27 heavy (non-hydrogen) atoms. The van der Waals surface area contributed by atoms with E-state index in [0.717, 1.165) is 43.8 Å². The highest BCUT2D eigenvalue weighted by Crippen LogP contribution is 2.29. The molecule has 132 valence electrons. The summed E-state index contributed by atoms with van der Waals surface area (Å²) in [6, 6.07) is 31.6. The third kappa shape index (κ3) is 4.33. The summed E-state index contributed by atoms with van der Waals surface area (Å²) in [5.41, 5.74) is 4.49. The van der Waals surface area contributed by atoms with E-state index in [1.165, 1.54) is 0 Å². The van der Waals surface area contributed by atoms with Crippen molar-refractivity contribution in [1.29, 1.82) is 0 Å². The zero-order valence-electron chi connectivity index (χ0n) is 14.4. The van der Waals surface area contributed by atoms with Crippen LogP contribution in [-0.2, 0) is 0 Å². The van der Waals surface area contributed by atoms with E-state index in [0.29, 0.717) is 0 Å². The van der Waals surface area contributed by atoms with Crippen LogP contribution in [0, 0.1) is 0 Å². The summed E-state index contributed by atoms with van der Waals surface area (Å²) in [5, 5.41) is 1.47. The molecule has 0 amide bonds. The topological polar surface area (TPSA) is 9.23 Å². The van der Waals surface area contributed by atoms with Gasteiger partial charge in [0.15, 0.2) is 0 Å². The van der Waals surface area contributed by atoms with Crippen molar-refractivity contribution in [1.82, 2.24) is 0 Å². The Morgan fingerprint density at radius 2 is 0.630 bits per heavy atom. The van der Waals surface area contributed by atoms with E-state index in [9.17, 15) is 0 Å². The highest BCUT2D eigenvalue weighted by Gasteiger charge is 2.02. The van der Waals surface area contributed by atoms with Gasteiger partial charge in [-0.2, -0.15) is 0 Å². The molecule has 0 aliphatic heterocycles. The molecule has 0 saturated heterocycles. The van der Waals surface area contributed by atoms with Crippen molar-refractivity contribution in [3.8, 4) is 33.8 Å². The molecule has 0 aliphatic rings. The highest BCUT2D eigenvalue weighted by atomic mass is 35.5. The summed E-state index contributed by atoms with van der Waals surface area (Å²) in [6.07, 6.45) is 0. The average Bonchev–Trinajstić information content (AvgIpc) is 2.71. The van der Waals surface area contributed by atoms with E-state index in [-0.39, 0.29) is 0 Å². The normalized spacial score (nSPS) is 10.6. The Morgan fingerprint density at radius 3 is 0.926 bits per heavy atom. The van der Waals surface area contributed by atoms with Crippen LogP contribution in [-0.4, -0.2) is 0 Å². The zero-order chi connectivity index (χ0) is 18.6. The predicted octanol–water partition coefficient (Wildman–Crippen LogP) is 8.12. The van der Waals surface area contributed by atoms with Gasteiger partial charge in [0.2, 0.25) is 0 Å². The van der Waals surface area contributed by atoms with Crippen molar-refractivity contribution in [2.75, 3.05) is 0 Å². The van der Waals surface area contributed by atoms with Crippen LogP contribution in [0.25, 0.3) is 22.3 Å². The van der Waals surface area contributed by atoms with Crippen molar-refractivity contribution < 1.29 is 4.74 Å². The second kappa shape index (κ2) is 7.87. The third-order valence-corrected chi connectivity index (χ3v) is 4.80. The molecule has 0 unspecified atom stereocenters. The monoisotopic (exact) mass is 390 g/mol. The van der Waals surface area contributed by atoms with Gasteiger partial charge in [-0.05, 0) is 70.8 Å². The standard InChI is InChI=1S/C24H16Cl2O/c25-21-9-1-17(2-10-21)19-5-13-23(14-6-19)27-24-15-7-20(8-16-24)18-3-11-22(26)12-4-18/h1-16H. The Labute approximate surface area is 168 Å². The number of rotatable bonds is 4. The lowest BCUT2D eigenvalue weighted by Crippen LogP contribution is -1.85. The molecule has 0 fully saturated rings. The minimum Gasteiger partial charge on any atom is -0.457 e. The number of ether oxygens (including phenoxy) is 1. The van der Waals surface area contributed by atoms with Gasteiger partial charge in [-0.3, -0.25) is 0 Å². The summed E-state index contributed by atoms with van der Waals surface area (Å²) in [5.74, 6) is 1.60. The first kappa shape index (κ1) is 17.7.